The molecule has 1 N–H and O–H groups in total. The summed E-state index contributed by atoms with van der Waals surface area (Å²) in [6.07, 6.45) is 1.52. The van der Waals surface area contributed by atoms with E-state index < -0.39 is 12.1 Å². The van der Waals surface area contributed by atoms with Crippen molar-refractivity contribution in [2.75, 3.05) is 13.1 Å². The van der Waals surface area contributed by atoms with Crippen LogP contribution < -0.4 is 5.32 Å². The minimum Gasteiger partial charge on any atom is -0.445 e. The molecule has 0 bridgehead atoms. The first-order chi connectivity index (χ1) is 11.8. The van der Waals surface area contributed by atoms with Crippen molar-refractivity contribution in [2.24, 2.45) is 11.3 Å². The molecule has 1 aromatic carbocycles. The van der Waals surface area contributed by atoms with Gasteiger partial charge in [0.15, 0.2) is 0 Å². The second kappa shape index (κ2) is 8.37. The maximum Gasteiger partial charge on any atom is 0.408 e. The van der Waals surface area contributed by atoms with Gasteiger partial charge in [0.2, 0.25) is 5.91 Å². The van der Waals surface area contributed by atoms with Crippen LogP contribution in [0.4, 0.5) is 4.79 Å². The van der Waals surface area contributed by atoms with E-state index in [1.807, 2.05) is 49.1 Å². The number of carbonyl (C=O) groups is 2. The van der Waals surface area contributed by atoms with Crippen LogP contribution in [0.2, 0.25) is 0 Å². The summed E-state index contributed by atoms with van der Waals surface area (Å²) in [6, 6.07) is 8.95. The molecule has 1 aliphatic heterocycles. The van der Waals surface area contributed by atoms with Crippen LogP contribution in [-0.4, -0.2) is 36.0 Å². The van der Waals surface area contributed by atoms with Crippen molar-refractivity contribution in [3.63, 3.8) is 0 Å². The van der Waals surface area contributed by atoms with E-state index in [9.17, 15) is 9.59 Å². The summed E-state index contributed by atoms with van der Waals surface area (Å²) >= 11 is 0. The van der Waals surface area contributed by atoms with Crippen molar-refractivity contribution in [1.29, 1.82) is 0 Å². The van der Waals surface area contributed by atoms with Crippen molar-refractivity contribution in [2.45, 2.75) is 53.2 Å². The summed E-state index contributed by atoms with van der Waals surface area (Å²) in [5, 5.41) is 2.76. The molecular weight excluding hydrogens is 316 g/mol. The van der Waals surface area contributed by atoms with E-state index >= 15 is 0 Å². The molecule has 2 rings (SSSR count). The maximum atomic E-state index is 12.9. The molecule has 0 aliphatic carbocycles. The summed E-state index contributed by atoms with van der Waals surface area (Å²) in [6.45, 7) is 9.96. The number of amides is 2. The molecule has 25 heavy (non-hydrogen) atoms. The van der Waals surface area contributed by atoms with Crippen molar-refractivity contribution >= 4 is 12.0 Å². The number of ether oxygens (including phenoxy) is 1. The Hall–Kier alpha value is -2.04. The van der Waals surface area contributed by atoms with Crippen LogP contribution >= 0.6 is 0 Å². The van der Waals surface area contributed by atoms with Crippen molar-refractivity contribution in [1.82, 2.24) is 10.2 Å². The normalized spacial score (nSPS) is 21.2. The molecule has 1 heterocycles. The third-order valence-electron chi connectivity index (χ3n) is 5.14. The molecule has 1 fully saturated rings. The second-order valence-corrected chi connectivity index (χ2v) is 7.60. The van der Waals surface area contributed by atoms with Crippen LogP contribution in [-0.2, 0) is 16.1 Å². The van der Waals surface area contributed by atoms with E-state index in [-0.39, 0.29) is 23.8 Å². The summed E-state index contributed by atoms with van der Waals surface area (Å²) in [7, 11) is 0. The number of hydrogen-bond acceptors (Lipinski definition) is 3. The van der Waals surface area contributed by atoms with Crippen LogP contribution in [0.1, 0.15) is 46.1 Å². The molecule has 0 saturated carbocycles. The fraction of sp³-hybridized carbons (Fsp3) is 0.600. The Morgan fingerprint density at radius 3 is 2.52 bits per heavy atom. The Labute approximate surface area is 150 Å². The highest BCUT2D eigenvalue weighted by Gasteiger charge is 2.38. The van der Waals surface area contributed by atoms with Crippen molar-refractivity contribution < 1.29 is 14.3 Å². The Morgan fingerprint density at radius 2 is 1.96 bits per heavy atom. The van der Waals surface area contributed by atoms with E-state index in [2.05, 4.69) is 19.2 Å². The zero-order valence-electron chi connectivity index (χ0n) is 15.7. The van der Waals surface area contributed by atoms with Gasteiger partial charge in [-0.05, 0) is 29.7 Å². The Kier molecular flexibility index (Phi) is 6.45. The molecule has 5 heteroatoms. The molecule has 0 spiro atoms. The van der Waals surface area contributed by atoms with Crippen LogP contribution in [0.25, 0.3) is 0 Å². The first-order valence-electron chi connectivity index (χ1n) is 9.10. The molecule has 1 aliphatic rings. The number of nitrogens with one attached hydrogen (secondary N) is 1. The topological polar surface area (TPSA) is 58.6 Å². The highest BCUT2D eigenvalue weighted by molar-refractivity contribution is 5.86. The molecule has 1 aromatic rings. The van der Waals surface area contributed by atoms with E-state index in [0.29, 0.717) is 0 Å². The van der Waals surface area contributed by atoms with E-state index in [0.717, 1.165) is 31.5 Å². The number of likely N-dealkylation sites (tertiary alicyclic amines) is 1. The van der Waals surface area contributed by atoms with Crippen LogP contribution in [0.15, 0.2) is 30.3 Å². The molecule has 0 aromatic heterocycles. The zero-order chi connectivity index (χ0) is 18.4. The summed E-state index contributed by atoms with van der Waals surface area (Å²) in [5.41, 5.74) is 1.11. The number of alkyl carbamates (subject to hydrolysis) is 1. The lowest BCUT2D eigenvalue weighted by Crippen LogP contribution is -2.51. The van der Waals surface area contributed by atoms with Crippen LogP contribution in [0.5, 0.6) is 0 Å². The quantitative estimate of drug-likeness (QED) is 0.856. The number of rotatable bonds is 6. The second-order valence-electron chi connectivity index (χ2n) is 7.60. The van der Waals surface area contributed by atoms with Gasteiger partial charge in [-0.3, -0.25) is 4.79 Å². The summed E-state index contributed by atoms with van der Waals surface area (Å²) in [5.74, 6) is -0.00547. The monoisotopic (exact) mass is 346 g/mol. The van der Waals surface area contributed by atoms with E-state index in [1.165, 1.54) is 0 Å². The third-order valence-corrected chi connectivity index (χ3v) is 5.14. The van der Waals surface area contributed by atoms with Crippen LogP contribution in [0.3, 0.4) is 0 Å². The van der Waals surface area contributed by atoms with E-state index in [4.69, 9.17) is 4.74 Å². The van der Waals surface area contributed by atoms with Gasteiger partial charge in [0, 0.05) is 13.1 Å². The fourth-order valence-corrected chi connectivity index (χ4v) is 3.10. The van der Waals surface area contributed by atoms with Gasteiger partial charge < -0.3 is 15.0 Å². The van der Waals surface area contributed by atoms with Crippen molar-refractivity contribution in [3.05, 3.63) is 35.9 Å². The Balaban J connectivity index is 1.91. The maximum absolute atomic E-state index is 12.9. The van der Waals surface area contributed by atoms with Gasteiger partial charge in [-0.1, -0.05) is 58.0 Å². The molecule has 2 amide bonds. The summed E-state index contributed by atoms with van der Waals surface area (Å²) in [4.78, 5) is 26.9. The highest BCUT2D eigenvalue weighted by atomic mass is 16.5. The molecule has 0 unspecified atom stereocenters. The lowest BCUT2D eigenvalue weighted by Gasteiger charge is -2.28. The minimum atomic E-state index is -0.553. The predicted octanol–water partition coefficient (Wildman–Crippen LogP) is 3.59. The highest BCUT2D eigenvalue weighted by Crippen LogP contribution is 2.33. The van der Waals surface area contributed by atoms with Gasteiger partial charge in [-0.15, -0.1) is 0 Å². The number of hydrogen-bond donors (Lipinski definition) is 1. The fourth-order valence-electron chi connectivity index (χ4n) is 3.10. The lowest BCUT2D eigenvalue weighted by molar-refractivity contribution is -0.133. The molecule has 5 nitrogen and oxygen atoms in total. The molecule has 1 saturated heterocycles. The lowest BCUT2D eigenvalue weighted by atomic mass is 9.87. The minimum absolute atomic E-state index is 0.00487. The standard InChI is InChI=1S/C20H30N2O3/c1-5-20(4)11-12-22(14-20)18(23)17(15(2)3)21-19(24)25-13-16-9-7-6-8-10-16/h6-10,15,17H,5,11-14H2,1-4H3,(H,21,24)/t17-,20-/m0/s1. The number of benzene rings is 1. The Bertz CT molecular complexity index is 588. The van der Waals surface area contributed by atoms with E-state index in [1.54, 1.807) is 0 Å². The van der Waals surface area contributed by atoms with Gasteiger partial charge in [0.1, 0.15) is 12.6 Å². The van der Waals surface area contributed by atoms with Gasteiger partial charge in [0.05, 0.1) is 0 Å². The molecular formula is C20H30N2O3. The zero-order valence-corrected chi connectivity index (χ0v) is 15.7. The average molecular weight is 346 g/mol. The smallest absolute Gasteiger partial charge is 0.408 e. The van der Waals surface area contributed by atoms with Gasteiger partial charge in [0.25, 0.3) is 0 Å². The molecule has 2 atom stereocenters. The SMILES string of the molecule is CC[C@@]1(C)CCN(C(=O)[C@@H](NC(=O)OCc2ccccc2)C(C)C)C1. The number of nitrogens with zero attached hydrogens (tertiary/aromatic N) is 1. The van der Waals surface area contributed by atoms with Gasteiger partial charge >= 0.3 is 6.09 Å². The largest absolute Gasteiger partial charge is 0.445 e. The summed E-state index contributed by atoms with van der Waals surface area (Å²) < 4.78 is 5.26. The average Bonchev–Trinajstić information content (AvgIpc) is 3.01. The molecule has 0 radical (unpaired) electrons. The Morgan fingerprint density at radius 1 is 1.28 bits per heavy atom. The third kappa shape index (κ3) is 5.21. The van der Waals surface area contributed by atoms with Crippen molar-refractivity contribution in [3.8, 4) is 0 Å². The predicted molar refractivity (Wildman–Crippen MR) is 98.0 cm³/mol. The molecule has 138 valence electrons. The first-order valence-corrected chi connectivity index (χ1v) is 9.10. The first kappa shape index (κ1) is 19.3. The van der Waals surface area contributed by atoms with Gasteiger partial charge in [-0.2, -0.15) is 0 Å². The van der Waals surface area contributed by atoms with Crippen LogP contribution in [0, 0.1) is 11.3 Å². The number of carbonyl (C=O) groups excluding carboxylic acids is 2. The van der Waals surface area contributed by atoms with Gasteiger partial charge in [-0.25, -0.2) is 4.79 Å².